The molecule has 0 N–H and O–H groups in total. The van der Waals surface area contributed by atoms with Crippen molar-refractivity contribution in [2.45, 2.75) is 18.9 Å². The summed E-state index contributed by atoms with van der Waals surface area (Å²) < 4.78 is 2.13. The SMILES string of the molecule is CN1CCC(n2cnc3c(Cl)ncnc32)CC1. The van der Waals surface area contributed by atoms with Crippen LogP contribution in [0.15, 0.2) is 12.7 Å². The Morgan fingerprint density at radius 1 is 1.24 bits per heavy atom. The molecule has 0 atom stereocenters. The van der Waals surface area contributed by atoms with Gasteiger partial charge < -0.3 is 9.47 Å². The highest BCUT2D eigenvalue weighted by molar-refractivity contribution is 6.33. The highest BCUT2D eigenvalue weighted by atomic mass is 35.5. The summed E-state index contributed by atoms with van der Waals surface area (Å²) in [4.78, 5) is 14.9. The largest absolute Gasteiger partial charge is 0.312 e. The fourth-order valence-electron chi connectivity index (χ4n) is 2.36. The lowest BCUT2D eigenvalue weighted by Crippen LogP contribution is -2.31. The second kappa shape index (κ2) is 4.23. The molecule has 0 spiro atoms. The van der Waals surface area contributed by atoms with Crippen LogP contribution in [0.5, 0.6) is 0 Å². The van der Waals surface area contributed by atoms with Gasteiger partial charge in [-0.25, -0.2) is 15.0 Å². The Bertz CT molecular complexity index is 530. The Balaban J connectivity index is 1.98. The van der Waals surface area contributed by atoms with Gasteiger partial charge in [0.05, 0.1) is 6.33 Å². The maximum Gasteiger partial charge on any atom is 0.165 e. The first-order valence-electron chi connectivity index (χ1n) is 5.77. The molecule has 0 unspecified atom stereocenters. The highest BCUT2D eigenvalue weighted by Crippen LogP contribution is 2.26. The highest BCUT2D eigenvalue weighted by Gasteiger charge is 2.20. The van der Waals surface area contributed by atoms with E-state index in [1.54, 1.807) is 0 Å². The average Bonchev–Trinajstić information content (AvgIpc) is 2.75. The van der Waals surface area contributed by atoms with E-state index in [-0.39, 0.29) is 0 Å². The quantitative estimate of drug-likeness (QED) is 0.725. The van der Waals surface area contributed by atoms with Crippen molar-refractivity contribution in [1.29, 1.82) is 0 Å². The first-order chi connectivity index (χ1) is 8.25. The van der Waals surface area contributed by atoms with E-state index < -0.39 is 0 Å². The Morgan fingerprint density at radius 2 is 2.00 bits per heavy atom. The number of rotatable bonds is 1. The van der Waals surface area contributed by atoms with E-state index in [2.05, 4.69) is 31.5 Å². The smallest absolute Gasteiger partial charge is 0.165 e. The number of piperidine rings is 1. The topological polar surface area (TPSA) is 46.8 Å². The van der Waals surface area contributed by atoms with Crippen LogP contribution in [0, 0.1) is 0 Å². The zero-order valence-corrected chi connectivity index (χ0v) is 10.4. The molecule has 3 heterocycles. The van der Waals surface area contributed by atoms with E-state index in [4.69, 9.17) is 11.6 Å². The summed E-state index contributed by atoms with van der Waals surface area (Å²) >= 11 is 6.00. The van der Waals surface area contributed by atoms with Crippen molar-refractivity contribution in [3.05, 3.63) is 17.8 Å². The molecule has 3 rings (SSSR count). The number of imidazole rings is 1. The summed E-state index contributed by atoms with van der Waals surface area (Å²) in [5.41, 5.74) is 1.55. The number of hydrogen-bond donors (Lipinski definition) is 0. The van der Waals surface area contributed by atoms with Gasteiger partial charge in [0.1, 0.15) is 11.8 Å². The molecule has 17 heavy (non-hydrogen) atoms. The van der Waals surface area contributed by atoms with Gasteiger partial charge in [-0.3, -0.25) is 0 Å². The molecule has 0 radical (unpaired) electrons. The molecule has 0 aliphatic carbocycles. The molecule has 0 aromatic carbocycles. The van der Waals surface area contributed by atoms with E-state index in [9.17, 15) is 0 Å². The van der Waals surface area contributed by atoms with Gasteiger partial charge >= 0.3 is 0 Å². The van der Waals surface area contributed by atoms with Crippen molar-refractivity contribution in [2.24, 2.45) is 0 Å². The fourth-order valence-corrected chi connectivity index (χ4v) is 2.54. The molecule has 6 heteroatoms. The predicted molar refractivity (Wildman–Crippen MR) is 66.1 cm³/mol. The average molecular weight is 252 g/mol. The van der Waals surface area contributed by atoms with Crippen LogP contribution in [0.2, 0.25) is 5.15 Å². The van der Waals surface area contributed by atoms with Gasteiger partial charge in [0.2, 0.25) is 0 Å². The van der Waals surface area contributed by atoms with Crippen molar-refractivity contribution in [2.75, 3.05) is 20.1 Å². The second-order valence-electron chi connectivity index (χ2n) is 4.52. The lowest BCUT2D eigenvalue weighted by molar-refractivity contribution is 0.223. The molecule has 2 aromatic heterocycles. The van der Waals surface area contributed by atoms with Crippen LogP contribution in [0.1, 0.15) is 18.9 Å². The zero-order valence-electron chi connectivity index (χ0n) is 9.67. The lowest BCUT2D eigenvalue weighted by Gasteiger charge is -2.29. The van der Waals surface area contributed by atoms with Crippen LogP contribution >= 0.6 is 11.6 Å². The van der Waals surface area contributed by atoms with Crippen molar-refractivity contribution < 1.29 is 0 Å². The van der Waals surface area contributed by atoms with Gasteiger partial charge in [-0.2, -0.15) is 0 Å². The number of halogens is 1. The van der Waals surface area contributed by atoms with Crippen molar-refractivity contribution in [3.8, 4) is 0 Å². The monoisotopic (exact) mass is 251 g/mol. The Hall–Kier alpha value is -1.20. The number of nitrogens with zero attached hydrogens (tertiary/aromatic N) is 5. The molecule has 1 aliphatic heterocycles. The van der Waals surface area contributed by atoms with Gasteiger partial charge in [-0.15, -0.1) is 0 Å². The molecule has 1 saturated heterocycles. The maximum atomic E-state index is 6.00. The lowest BCUT2D eigenvalue weighted by atomic mass is 10.1. The molecule has 1 fully saturated rings. The Kier molecular flexibility index (Phi) is 2.72. The van der Waals surface area contributed by atoms with Gasteiger partial charge in [0.15, 0.2) is 10.8 Å². The van der Waals surface area contributed by atoms with Gasteiger partial charge in [-0.05, 0) is 33.0 Å². The third-order valence-electron chi connectivity index (χ3n) is 3.40. The standard InChI is InChI=1S/C11H14ClN5/c1-16-4-2-8(3-5-16)17-7-15-9-10(12)13-6-14-11(9)17/h6-8H,2-5H2,1H3. The van der Waals surface area contributed by atoms with E-state index >= 15 is 0 Å². The van der Waals surface area contributed by atoms with E-state index in [0.717, 1.165) is 31.6 Å². The minimum absolute atomic E-state index is 0.432. The van der Waals surface area contributed by atoms with Crippen molar-refractivity contribution >= 4 is 22.8 Å². The summed E-state index contributed by atoms with van der Waals surface area (Å²) in [7, 11) is 2.15. The number of aromatic nitrogens is 4. The minimum Gasteiger partial charge on any atom is -0.312 e. The van der Waals surface area contributed by atoms with E-state index in [0.29, 0.717) is 16.7 Å². The molecular weight excluding hydrogens is 238 g/mol. The van der Waals surface area contributed by atoms with Gasteiger partial charge in [0.25, 0.3) is 0 Å². The van der Waals surface area contributed by atoms with Crippen LogP contribution < -0.4 is 0 Å². The number of fused-ring (bicyclic) bond motifs is 1. The Morgan fingerprint density at radius 3 is 2.76 bits per heavy atom. The summed E-state index contributed by atoms with van der Waals surface area (Å²) in [6.45, 7) is 2.23. The van der Waals surface area contributed by atoms with Crippen molar-refractivity contribution in [1.82, 2.24) is 24.4 Å². The third-order valence-corrected chi connectivity index (χ3v) is 3.67. The molecule has 0 amide bonds. The van der Waals surface area contributed by atoms with E-state index in [1.807, 2.05) is 6.33 Å². The molecule has 2 aromatic rings. The maximum absolute atomic E-state index is 6.00. The van der Waals surface area contributed by atoms with Crippen LogP contribution in [0.4, 0.5) is 0 Å². The van der Waals surface area contributed by atoms with Crippen LogP contribution in [0.25, 0.3) is 11.2 Å². The van der Waals surface area contributed by atoms with E-state index in [1.165, 1.54) is 6.33 Å². The predicted octanol–water partition coefficient (Wildman–Crippen LogP) is 1.75. The summed E-state index contributed by atoms with van der Waals surface area (Å²) in [5, 5.41) is 0.432. The normalized spacial score (nSPS) is 18.9. The summed E-state index contributed by atoms with van der Waals surface area (Å²) in [6.07, 6.45) is 5.59. The fraction of sp³-hybridized carbons (Fsp3) is 0.545. The third kappa shape index (κ3) is 1.89. The second-order valence-corrected chi connectivity index (χ2v) is 4.88. The molecular formula is C11H14ClN5. The van der Waals surface area contributed by atoms with Gasteiger partial charge in [0, 0.05) is 6.04 Å². The first kappa shape index (κ1) is 10.9. The molecule has 90 valence electrons. The van der Waals surface area contributed by atoms with Crippen molar-refractivity contribution in [3.63, 3.8) is 0 Å². The summed E-state index contributed by atoms with van der Waals surface area (Å²) in [6, 6.07) is 0.474. The first-order valence-corrected chi connectivity index (χ1v) is 6.15. The minimum atomic E-state index is 0.432. The van der Waals surface area contributed by atoms with Crippen LogP contribution in [-0.2, 0) is 0 Å². The molecule has 0 bridgehead atoms. The van der Waals surface area contributed by atoms with Gasteiger partial charge in [-0.1, -0.05) is 11.6 Å². The number of likely N-dealkylation sites (tertiary alicyclic amines) is 1. The Labute approximate surface area is 104 Å². The molecule has 0 saturated carbocycles. The molecule has 1 aliphatic rings. The summed E-state index contributed by atoms with van der Waals surface area (Å²) in [5.74, 6) is 0. The van der Waals surface area contributed by atoms with Crippen LogP contribution in [-0.4, -0.2) is 44.6 Å². The molecule has 5 nitrogen and oxygen atoms in total. The number of hydrogen-bond acceptors (Lipinski definition) is 4. The zero-order chi connectivity index (χ0) is 11.8. The van der Waals surface area contributed by atoms with Crippen LogP contribution in [0.3, 0.4) is 0 Å².